The van der Waals surface area contributed by atoms with E-state index in [0.29, 0.717) is 5.92 Å². The van der Waals surface area contributed by atoms with Gasteiger partial charge in [-0.3, -0.25) is 0 Å². The monoisotopic (exact) mass is 458 g/mol. The average Bonchev–Trinajstić information content (AvgIpc) is 2.97. The fraction of sp³-hybridized carbons (Fsp3) is 0.478. The number of aliphatic imine (C=N–C) groups is 1. The van der Waals surface area contributed by atoms with Crippen LogP contribution in [-0.4, -0.2) is 12.3 Å². The summed E-state index contributed by atoms with van der Waals surface area (Å²) in [5, 5.41) is 10.6. The second-order valence-electron chi connectivity index (χ2n) is 8.71. The van der Waals surface area contributed by atoms with Crippen LogP contribution >= 0.6 is 27.3 Å². The van der Waals surface area contributed by atoms with Crippen LogP contribution in [0, 0.1) is 22.7 Å². The van der Waals surface area contributed by atoms with E-state index in [0.717, 1.165) is 45.6 Å². The van der Waals surface area contributed by atoms with Gasteiger partial charge >= 0.3 is 0 Å². The lowest BCUT2D eigenvalue weighted by molar-refractivity contribution is 0.218. The number of nitriles is 1. The van der Waals surface area contributed by atoms with Gasteiger partial charge in [-0.2, -0.15) is 5.26 Å². The highest BCUT2D eigenvalue weighted by Crippen LogP contribution is 2.45. The maximum absolute atomic E-state index is 9.75. The quantitative estimate of drug-likeness (QED) is 0.459. The van der Waals surface area contributed by atoms with Crippen molar-refractivity contribution in [2.24, 2.45) is 16.3 Å². The van der Waals surface area contributed by atoms with Gasteiger partial charge in [0.15, 0.2) is 0 Å². The Bertz CT molecular complexity index is 931. The second-order valence-corrected chi connectivity index (χ2v) is 10.7. The number of halogens is 1. The van der Waals surface area contributed by atoms with E-state index in [2.05, 4.69) is 42.8 Å². The Kier molecular flexibility index (Phi) is 6.31. The van der Waals surface area contributed by atoms with E-state index in [1.807, 2.05) is 38.3 Å². The SMILES string of the molecule is CC(C)Oc1ccc(Br)cc1C=Nc1sc2c(c1C#N)CC[C@H](C(C)(C)C)C2. The van der Waals surface area contributed by atoms with Crippen molar-refractivity contribution in [3.05, 3.63) is 44.2 Å². The Balaban J connectivity index is 1.93. The third kappa shape index (κ3) is 4.67. The van der Waals surface area contributed by atoms with Crippen LogP contribution in [0.15, 0.2) is 27.7 Å². The van der Waals surface area contributed by atoms with Crippen molar-refractivity contribution in [2.45, 2.75) is 60.0 Å². The standard InChI is InChI=1S/C23H27BrN2OS/c1-14(2)27-20-9-7-17(24)10-15(20)13-26-22-19(12-25)18-8-6-16(23(3,4)5)11-21(18)28-22/h7,9-10,13-14,16H,6,8,11H2,1-5H3/t16-/m0/s1. The van der Waals surface area contributed by atoms with Crippen LogP contribution in [0.4, 0.5) is 5.00 Å². The van der Waals surface area contributed by atoms with Crippen molar-refractivity contribution in [1.29, 1.82) is 5.26 Å². The molecule has 0 bridgehead atoms. The molecule has 0 amide bonds. The molecule has 2 aromatic rings. The molecule has 1 heterocycles. The van der Waals surface area contributed by atoms with Gasteiger partial charge in [0, 0.05) is 21.1 Å². The summed E-state index contributed by atoms with van der Waals surface area (Å²) in [7, 11) is 0. The van der Waals surface area contributed by atoms with Crippen LogP contribution < -0.4 is 4.74 Å². The molecule has 0 radical (unpaired) electrons. The first-order valence-electron chi connectivity index (χ1n) is 9.74. The zero-order valence-electron chi connectivity index (χ0n) is 17.2. The van der Waals surface area contributed by atoms with Crippen LogP contribution in [0.1, 0.15) is 62.6 Å². The highest BCUT2D eigenvalue weighted by atomic mass is 79.9. The molecule has 0 fully saturated rings. The molecule has 1 atom stereocenters. The summed E-state index contributed by atoms with van der Waals surface area (Å²) in [5.41, 5.74) is 3.17. The predicted octanol–water partition coefficient (Wildman–Crippen LogP) is 7.07. The number of rotatable bonds is 4. The van der Waals surface area contributed by atoms with Crippen LogP contribution in [0.5, 0.6) is 5.75 Å². The average molecular weight is 459 g/mol. The molecule has 3 nitrogen and oxygen atoms in total. The minimum atomic E-state index is 0.0892. The fourth-order valence-electron chi connectivity index (χ4n) is 3.63. The van der Waals surface area contributed by atoms with E-state index in [1.54, 1.807) is 11.3 Å². The second kappa shape index (κ2) is 8.39. The maximum atomic E-state index is 9.75. The molecule has 0 saturated carbocycles. The van der Waals surface area contributed by atoms with Gasteiger partial charge in [0.1, 0.15) is 16.8 Å². The van der Waals surface area contributed by atoms with Crippen LogP contribution in [0.3, 0.4) is 0 Å². The van der Waals surface area contributed by atoms with E-state index in [9.17, 15) is 5.26 Å². The zero-order chi connectivity index (χ0) is 20.5. The van der Waals surface area contributed by atoms with E-state index in [4.69, 9.17) is 9.73 Å². The molecule has 0 N–H and O–H groups in total. The Morgan fingerprint density at radius 1 is 1.36 bits per heavy atom. The summed E-state index contributed by atoms with van der Waals surface area (Å²) in [6.45, 7) is 10.9. The normalized spacial score (nSPS) is 17.0. The summed E-state index contributed by atoms with van der Waals surface area (Å²) in [4.78, 5) is 6.05. The largest absolute Gasteiger partial charge is 0.490 e. The molecular weight excluding hydrogens is 432 g/mol. The van der Waals surface area contributed by atoms with Gasteiger partial charge < -0.3 is 4.74 Å². The molecule has 1 aromatic carbocycles. The molecular formula is C23H27BrN2OS. The molecule has 1 aliphatic carbocycles. The molecule has 1 aliphatic rings. The highest BCUT2D eigenvalue weighted by molar-refractivity contribution is 9.10. The predicted molar refractivity (Wildman–Crippen MR) is 121 cm³/mol. The number of thiophene rings is 1. The summed E-state index contributed by atoms with van der Waals surface area (Å²) >= 11 is 5.20. The Morgan fingerprint density at radius 2 is 2.11 bits per heavy atom. The molecule has 148 valence electrons. The third-order valence-electron chi connectivity index (χ3n) is 5.24. The van der Waals surface area contributed by atoms with Crippen LogP contribution in [0.25, 0.3) is 0 Å². The fourth-order valence-corrected chi connectivity index (χ4v) is 5.23. The van der Waals surface area contributed by atoms with Crippen molar-refractivity contribution >= 4 is 38.5 Å². The Morgan fingerprint density at radius 3 is 2.75 bits per heavy atom. The highest BCUT2D eigenvalue weighted by Gasteiger charge is 2.32. The molecule has 0 aliphatic heterocycles. The lowest BCUT2D eigenvalue weighted by atomic mass is 9.72. The topological polar surface area (TPSA) is 45.4 Å². The summed E-state index contributed by atoms with van der Waals surface area (Å²) in [5.74, 6) is 1.45. The summed E-state index contributed by atoms with van der Waals surface area (Å²) in [6, 6.07) is 8.32. The number of benzene rings is 1. The van der Waals surface area contributed by atoms with Crippen molar-refractivity contribution < 1.29 is 4.74 Å². The molecule has 3 rings (SSSR count). The van der Waals surface area contributed by atoms with Gasteiger partial charge in [-0.25, -0.2) is 4.99 Å². The number of nitrogens with zero attached hydrogens (tertiary/aromatic N) is 2. The lowest BCUT2D eigenvalue weighted by Crippen LogP contribution is -2.26. The molecule has 0 spiro atoms. The third-order valence-corrected chi connectivity index (χ3v) is 6.89. The number of hydrogen-bond acceptors (Lipinski definition) is 4. The molecule has 0 unspecified atom stereocenters. The van der Waals surface area contributed by atoms with Crippen molar-refractivity contribution in [2.75, 3.05) is 0 Å². The minimum absolute atomic E-state index is 0.0892. The Hall–Kier alpha value is -1.64. The number of fused-ring (bicyclic) bond motifs is 1. The lowest BCUT2D eigenvalue weighted by Gasteiger charge is -2.33. The van der Waals surface area contributed by atoms with E-state index < -0.39 is 0 Å². The zero-order valence-corrected chi connectivity index (χ0v) is 19.6. The van der Waals surface area contributed by atoms with E-state index >= 15 is 0 Å². The van der Waals surface area contributed by atoms with Crippen molar-refractivity contribution in [3.63, 3.8) is 0 Å². The molecule has 5 heteroatoms. The first-order valence-corrected chi connectivity index (χ1v) is 11.3. The minimum Gasteiger partial charge on any atom is -0.490 e. The van der Waals surface area contributed by atoms with E-state index in [1.165, 1.54) is 10.4 Å². The first kappa shape index (κ1) is 21.1. The summed E-state index contributed by atoms with van der Waals surface area (Å²) in [6.07, 6.45) is 5.08. The van der Waals surface area contributed by atoms with Gasteiger partial charge in [-0.1, -0.05) is 36.7 Å². The molecule has 0 saturated heterocycles. The van der Waals surface area contributed by atoms with Gasteiger partial charge in [0.2, 0.25) is 0 Å². The van der Waals surface area contributed by atoms with Crippen LogP contribution in [-0.2, 0) is 12.8 Å². The summed E-state index contributed by atoms with van der Waals surface area (Å²) < 4.78 is 6.88. The van der Waals surface area contributed by atoms with Gasteiger partial charge in [0.05, 0.1) is 11.7 Å². The van der Waals surface area contributed by atoms with Gasteiger partial charge in [-0.05, 0) is 68.2 Å². The Labute approximate surface area is 180 Å². The number of hydrogen-bond donors (Lipinski definition) is 0. The smallest absolute Gasteiger partial charge is 0.134 e. The van der Waals surface area contributed by atoms with Crippen molar-refractivity contribution in [3.8, 4) is 11.8 Å². The van der Waals surface area contributed by atoms with Crippen molar-refractivity contribution in [1.82, 2.24) is 0 Å². The van der Waals surface area contributed by atoms with Gasteiger partial charge in [-0.15, -0.1) is 11.3 Å². The molecule has 1 aromatic heterocycles. The molecule has 28 heavy (non-hydrogen) atoms. The maximum Gasteiger partial charge on any atom is 0.134 e. The van der Waals surface area contributed by atoms with E-state index in [-0.39, 0.29) is 11.5 Å². The van der Waals surface area contributed by atoms with Crippen LogP contribution in [0.2, 0.25) is 0 Å². The van der Waals surface area contributed by atoms with Gasteiger partial charge in [0.25, 0.3) is 0 Å². The number of ether oxygens (including phenoxy) is 1. The first-order chi connectivity index (χ1) is 13.2.